The third kappa shape index (κ3) is 3.10. The summed E-state index contributed by atoms with van der Waals surface area (Å²) in [7, 11) is 2.96. The van der Waals surface area contributed by atoms with Gasteiger partial charge in [0.2, 0.25) is 5.91 Å². The lowest BCUT2D eigenvalue weighted by Gasteiger charge is -2.14. The fraction of sp³-hybridized carbons (Fsp3) is 0.294. The number of aromatic nitrogens is 4. The van der Waals surface area contributed by atoms with E-state index in [0.717, 1.165) is 4.57 Å². The van der Waals surface area contributed by atoms with Crippen LogP contribution in [0.25, 0.3) is 11.0 Å². The highest BCUT2D eigenvalue weighted by molar-refractivity contribution is 5.92. The number of anilines is 1. The van der Waals surface area contributed by atoms with Crippen LogP contribution in [0.5, 0.6) is 0 Å². The largest absolute Gasteiger partial charge is 0.351 e. The Balaban J connectivity index is 1.86. The van der Waals surface area contributed by atoms with Gasteiger partial charge in [-0.25, -0.2) is 9.78 Å². The van der Waals surface area contributed by atoms with Crippen LogP contribution in [0.2, 0.25) is 0 Å². The van der Waals surface area contributed by atoms with Gasteiger partial charge in [-0.3, -0.25) is 18.7 Å². The van der Waals surface area contributed by atoms with Crippen LogP contribution >= 0.6 is 0 Å². The number of rotatable bonds is 4. The van der Waals surface area contributed by atoms with Crippen molar-refractivity contribution in [1.29, 1.82) is 0 Å². The zero-order valence-corrected chi connectivity index (χ0v) is 14.3. The van der Waals surface area contributed by atoms with Gasteiger partial charge in [-0.15, -0.1) is 0 Å². The van der Waals surface area contributed by atoms with E-state index in [0.29, 0.717) is 5.69 Å². The Labute approximate surface area is 143 Å². The summed E-state index contributed by atoms with van der Waals surface area (Å²) in [5, 5.41) is 3.04. The second-order valence-electron chi connectivity index (χ2n) is 6.03. The predicted octanol–water partition coefficient (Wildman–Crippen LogP) is 1.02. The lowest BCUT2D eigenvalue weighted by Crippen LogP contribution is -2.37. The average molecular weight is 341 g/mol. The Hall–Kier alpha value is -3.16. The van der Waals surface area contributed by atoms with Crippen LogP contribution in [-0.4, -0.2) is 24.6 Å². The van der Waals surface area contributed by atoms with Crippen molar-refractivity contribution in [2.75, 3.05) is 5.32 Å². The Bertz CT molecular complexity index is 1050. The first-order valence-corrected chi connectivity index (χ1v) is 7.86. The summed E-state index contributed by atoms with van der Waals surface area (Å²) in [6.07, 6.45) is 5.54. The molecule has 1 atom stereocenters. The first-order valence-electron chi connectivity index (χ1n) is 7.86. The molecule has 1 unspecified atom stereocenters. The van der Waals surface area contributed by atoms with Crippen molar-refractivity contribution in [3.8, 4) is 0 Å². The third-order valence-electron chi connectivity index (χ3n) is 4.19. The van der Waals surface area contributed by atoms with Crippen molar-refractivity contribution in [2.45, 2.75) is 19.4 Å². The van der Waals surface area contributed by atoms with Crippen molar-refractivity contribution < 1.29 is 4.79 Å². The van der Waals surface area contributed by atoms with Gasteiger partial charge in [0.15, 0.2) is 0 Å². The smallest absolute Gasteiger partial charge is 0.332 e. The van der Waals surface area contributed by atoms with Crippen LogP contribution in [0.1, 0.15) is 19.4 Å². The van der Waals surface area contributed by atoms with Crippen LogP contribution in [0, 0.1) is 0 Å². The lowest BCUT2D eigenvalue weighted by atomic mass is 10.2. The van der Waals surface area contributed by atoms with Gasteiger partial charge in [0.25, 0.3) is 5.56 Å². The van der Waals surface area contributed by atoms with E-state index in [2.05, 4.69) is 10.3 Å². The number of nitrogens with one attached hydrogen (secondary N) is 1. The summed E-state index contributed by atoms with van der Waals surface area (Å²) < 4.78 is 4.27. The quantitative estimate of drug-likeness (QED) is 0.767. The molecule has 0 aliphatic heterocycles. The number of carbonyl (C=O) groups is 1. The van der Waals surface area contributed by atoms with Crippen LogP contribution in [0.3, 0.4) is 0 Å². The Morgan fingerprint density at radius 3 is 2.56 bits per heavy atom. The van der Waals surface area contributed by atoms with E-state index in [1.165, 1.54) is 17.8 Å². The second kappa shape index (κ2) is 6.39. The van der Waals surface area contributed by atoms with E-state index in [4.69, 9.17) is 0 Å². The van der Waals surface area contributed by atoms with Crippen molar-refractivity contribution in [3.05, 3.63) is 57.6 Å². The molecule has 3 aromatic rings. The van der Waals surface area contributed by atoms with Gasteiger partial charge in [0.1, 0.15) is 5.65 Å². The molecule has 0 radical (unpaired) electrons. The van der Waals surface area contributed by atoms with Crippen LogP contribution in [0.15, 0.2) is 46.4 Å². The van der Waals surface area contributed by atoms with Gasteiger partial charge in [0.05, 0.1) is 17.3 Å². The van der Waals surface area contributed by atoms with Gasteiger partial charge >= 0.3 is 5.69 Å². The highest BCUT2D eigenvalue weighted by Crippen LogP contribution is 2.15. The molecule has 0 bridgehead atoms. The highest BCUT2D eigenvalue weighted by atomic mass is 16.2. The minimum Gasteiger partial charge on any atom is -0.351 e. The minimum atomic E-state index is -0.442. The molecular formula is C17H19N5O3. The lowest BCUT2D eigenvalue weighted by molar-refractivity contribution is -0.116. The molecule has 0 aromatic carbocycles. The molecule has 0 fully saturated rings. The van der Waals surface area contributed by atoms with Crippen LogP contribution < -0.4 is 16.6 Å². The van der Waals surface area contributed by atoms with Gasteiger partial charge in [0, 0.05) is 39.0 Å². The van der Waals surface area contributed by atoms with E-state index >= 15 is 0 Å². The first kappa shape index (κ1) is 16.7. The van der Waals surface area contributed by atoms with Gasteiger partial charge in [-0.1, -0.05) is 0 Å². The highest BCUT2D eigenvalue weighted by Gasteiger charge is 2.13. The molecule has 3 aromatic heterocycles. The van der Waals surface area contributed by atoms with Gasteiger partial charge in [-0.05, 0) is 25.1 Å². The SMILES string of the molecule is CC(CC(=O)Nc1cnc2c(c1)c(=O)n(C)c(=O)n2C)n1cccc1. The maximum Gasteiger partial charge on any atom is 0.332 e. The second-order valence-corrected chi connectivity index (χ2v) is 6.03. The standard InChI is InChI=1S/C17H19N5O3/c1-11(22-6-4-5-7-22)8-14(23)19-12-9-13-15(18-10-12)20(2)17(25)21(3)16(13)24/h4-7,9-11H,8H2,1-3H3,(H,19,23). The molecule has 1 N–H and O–H groups in total. The molecule has 0 saturated carbocycles. The number of amides is 1. The number of pyridine rings is 1. The zero-order chi connectivity index (χ0) is 18.1. The molecule has 1 amide bonds. The van der Waals surface area contributed by atoms with E-state index in [1.807, 2.05) is 36.0 Å². The number of nitrogens with zero attached hydrogens (tertiary/aromatic N) is 4. The van der Waals surface area contributed by atoms with Gasteiger partial charge < -0.3 is 9.88 Å². The number of fused-ring (bicyclic) bond motifs is 1. The Morgan fingerprint density at radius 2 is 1.88 bits per heavy atom. The van der Waals surface area contributed by atoms with Crippen molar-refractivity contribution in [2.24, 2.45) is 14.1 Å². The number of hydrogen-bond donors (Lipinski definition) is 1. The van der Waals surface area contributed by atoms with E-state index in [-0.39, 0.29) is 29.4 Å². The van der Waals surface area contributed by atoms with Crippen LogP contribution in [0.4, 0.5) is 5.69 Å². The molecule has 0 saturated heterocycles. The van der Waals surface area contributed by atoms with E-state index < -0.39 is 11.2 Å². The van der Waals surface area contributed by atoms with Crippen LogP contribution in [-0.2, 0) is 18.9 Å². The summed E-state index contributed by atoms with van der Waals surface area (Å²) in [4.78, 5) is 40.6. The summed E-state index contributed by atoms with van der Waals surface area (Å²) in [6, 6.07) is 5.36. The maximum absolute atomic E-state index is 12.3. The minimum absolute atomic E-state index is 0.0112. The van der Waals surface area contributed by atoms with Gasteiger partial charge in [-0.2, -0.15) is 0 Å². The average Bonchev–Trinajstić information content (AvgIpc) is 3.12. The molecule has 0 aliphatic carbocycles. The Kier molecular flexibility index (Phi) is 4.26. The zero-order valence-electron chi connectivity index (χ0n) is 14.3. The van der Waals surface area contributed by atoms with Crippen molar-refractivity contribution >= 4 is 22.6 Å². The molecule has 3 rings (SSSR count). The third-order valence-corrected chi connectivity index (χ3v) is 4.19. The van der Waals surface area contributed by atoms with E-state index in [1.54, 1.807) is 13.1 Å². The van der Waals surface area contributed by atoms with Crippen molar-refractivity contribution in [3.63, 3.8) is 0 Å². The number of hydrogen-bond acceptors (Lipinski definition) is 4. The van der Waals surface area contributed by atoms with E-state index in [9.17, 15) is 14.4 Å². The molecule has 8 nitrogen and oxygen atoms in total. The molecule has 25 heavy (non-hydrogen) atoms. The number of aryl methyl sites for hydroxylation is 1. The topological polar surface area (TPSA) is 90.9 Å². The Morgan fingerprint density at radius 1 is 1.20 bits per heavy atom. The fourth-order valence-corrected chi connectivity index (χ4v) is 2.76. The maximum atomic E-state index is 12.3. The summed E-state index contributed by atoms with van der Waals surface area (Å²) >= 11 is 0. The van der Waals surface area contributed by atoms with Crippen molar-refractivity contribution in [1.82, 2.24) is 18.7 Å². The summed E-state index contributed by atoms with van der Waals surface area (Å²) in [5.41, 5.74) is -0.176. The summed E-state index contributed by atoms with van der Waals surface area (Å²) in [5.74, 6) is -0.177. The molecule has 3 heterocycles. The normalized spacial score (nSPS) is 12.3. The monoisotopic (exact) mass is 341 g/mol. The molecule has 0 spiro atoms. The molecule has 0 aliphatic rings. The summed E-state index contributed by atoms with van der Waals surface area (Å²) in [6.45, 7) is 1.95. The first-order chi connectivity index (χ1) is 11.9. The molecular weight excluding hydrogens is 322 g/mol. The fourth-order valence-electron chi connectivity index (χ4n) is 2.76. The molecule has 130 valence electrons. The predicted molar refractivity (Wildman–Crippen MR) is 94.6 cm³/mol. The number of carbonyl (C=O) groups excluding carboxylic acids is 1. The molecule has 8 heteroatoms.